The monoisotopic (exact) mass is 1460 g/mol. The number of primary amides is 1. The Kier molecular flexibility index (Phi) is 35.0. The molecule has 4 heterocycles. The fraction of sp³-hybridized carbons (Fsp3) is 0.636. The zero-order valence-corrected chi connectivity index (χ0v) is 59.7. The molecule has 37 heteroatoms. The summed E-state index contributed by atoms with van der Waals surface area (Å²) in [6.45, 7) is 3.95. The molecule has 22 N–H and O–H groups in total. The van der Waals surface area contributed by atoms with Gasteiger partial charge in [-0.1, -0.05) is 44.2 Å². The number of carbonyl (C=O) groups is 14. The number of rotatable bonds is 43. The maximum absolute atomic E-state index is 14.4. The number of aliphatic hydroxyl groups is 1. The first kappa shape index (κ1) is 84.2. The number of nitrogens with zero attached hydrogens (tertiary/aromatic N) is 5. The van der Waals surface area contributed by atoms with Crippen LogP contribution in [0.25, 0.3) is 0 Å². The number of carboxylic acids is 1. The van der Waals surface area contributed by atoms with Crippen molar-refractivity contribution in [2.24, 2.45) is 39.6 Å². The van der Waals surface area contributed by atoms with Crippen LogP contribution >= 0.6 is 11.8 Å². The second kappa shape index (κ2) is 42.8. The van der Waals surface area contributed by atoms with Crippen LogP contribution in [0, 0.1) is 5.92 Å². The van der Waals surface area contributed by atoms with Crippen LogP contribution in [-0.2, 0) is 80.0 Å². The van der Waals surface area contributed by atoms with Crippen LogP contribution in [0.3, 0.4) is 0 Å². The normalized spacial score (nSPS) is 18.3. The van der Waals surface area contributed by atoms with Crippen molar-refractivity contribution >= 4 is 100 Å². The number of benzene rings is 1. The Morgan fingerprint density at radius 1 is 0.612 bits per heavy atom. The number of unbranched alkanes of at least 4 members (excludes halogenated alkanes) is 1. The van der Waals surface area contributed by atoms with Gasteiger partial charge in [0.15, 0.2) is 5.96 Å². The molecular weight excluding hydrogens is 1360 g/mol. The lowest BCUT2D eigenvalue weighted by Crippen LogP contribution is -2.60. The molecule has 1 aromatic carbocycles. The van der Waals surface area contributed by atoms with Gasteiger partial charge in [-0.25, -0.2) is 9.78 Å². The summed E-state index contributed by atoms with van der Waals surface area (Å²) in [6.07, 6.45) is 7.04. The largest absolute Gasteiger partial charge is 0.480 e. The number of aromatic nitrogens is 2. The Bertz CT molecular complexity index is 3250. The van der Waals surface area contributed by atoms with Crippen molar-refractivity contribution in [3.8, 4) is 0 Å². The van der Waals surface area contributed by atoms with Gasteiger partial charge in [-0.05, 0) is 127 Å². The lowest BCUT2D eigenvalue weighted by molar-refractivity contribution is -0.145. The third kappa shape index (κ3) is 27.0. The second-order valence-electron chi connectivity index (χ2n) is 26.2. The van der Waals surface area contributed by atoms with Gasteiger partial charge in [0.05, 0.1) is 25.5 Å². The first-order chi connectivity index (χ1) is 49.1. The van der Waals surface area contributed by atoms with E-state index in [9.17, 15) is 77.3 Å². The van der Waals surface area contributed by atoms with Crippen molar-refractivity contribution in [3.63, 3.8) is 0 Å². The van der Waals surface area contributed by atoms with Gasteiger partial charge in [0.25, 0.3) is 0 Å². The minimum absolute atomic E-state index is 0.00410. The van der Waals surface area contributed by atoms with Crippen LogP contribution in [0.2, 0.25) is 0 Å². The Morgan fingerprint density at radius 3 is 1.71 bits per heavy atom. The van der Waals surface area contributed by atoms with Crippen molar-refractivity contribution < 1.29 is 77.3 Å². The highest BCUT2D eigenvalue weighted by atomic mass is 32.2. The second-order valence-corrected chi connectivity index (χ2v) is 27.2. The maximum Gasteiger partial charge on any atom is 0.326 e. The van der Waals surface area contributed by atoms with E-state index in [1.807, 2.05) is 6.26 Å². The topological polar surface area (TPSA) is 569 Å². The first-order valence-electron chi connectivity index (χ1n) is 34.8. The molecule has 3 saturated heterocycles. The minimum Gasteiger partial charge on any atom is -0.480 e. The standard InChI is InChI=1S/C66H104N20O16S/c1-37(2)30-45(80-54(90)38(3)76-60(96)50-19-12-27-85(50)63(99)43(17-10-25-73-66(70)71)78-55(91)41(68)21-22-52(69)88)57(93)83-48(35-87)59(95)81-46(32-40-33-72-36-75-40)58(94)77-42(16-8-9-24-67)56(92)74-34-53(89)84-26-11-18-49(84)61(97)79-44(23-29-103-4)64(100)86-28-13-20-51(86)62(98)82-47(65(101)102)31-39-14-6-5-7-15-39/h5-7,14-15,33,36-38,41-51,87H,8-13,16-32,34-35,67-68H2,1-4H3,(H2,69,88)(H,72,75)(H,74,92)(H,76,96)(H,77,94)(H,78,91)(H,79,97)(H,80,90)(H,81,95)(H,82,98)(H,83,93)(H,101,102)(H4,70,71,73)/t38-,41-,42-,43-,44-,45-,46-,47-,48-,49-,50-,51-/m0/s1. The summed E-state index contributed by atoms with van der Waals surface area (Å²) >= 11 is 1.42. The van der Waals surface area contributed by atoms with E-state index in [0.29, 0.717) is 49.1 Å². The first-order valence-corrected chi connectivity index (χ1v) is 36.2. The molecule has 2 aromatic rings. The number of aromatic amines is 1. The smallest absolute Gasteiger partial charge is 0.326 e. The molecule has 103 heavy (non-hydrogen) atoms. The molecule has 3 aliphatic heterocycles. The number of likely N-dealkylation sites (tertiary alicyclic amines) is 3. The molecule has 0 saturated carbocycles. The molecule has 12 atom stereocenters. The van der Waals surface area contributed by atoms with E-state index in [1.165, 1.54) is 45.9 Å². The Labute approximate surface area is 601 Å². The number of nitrogens with two attached hydrogens (primary N) is 5. The molecular formula is C66H104N20O16S. The van der Waals surface area contributed by atoms with Gasteiger partial charge >= 0.3 is 5.97 Å². The highest BCUT2D eigenvalue weighted by Gasteiger charge is 2.43. The number of hydrogen-bond donors (Lipinski definition) is 17. The highest BCUT2D eigenvalue weighted by molar-refractivity contribution is 7.98. The minimum atomic E-state index is -1.74. The van der Waals surface area contributed by atoms with Crippen molar-refractivity contribution in [3.05, 3.63) is 54.1 Å². The molecule has 0 aliphatic carbocycles. The number of aliphatic imine (C=N–C) groups is 1. The van der Waals surface area contributed by atoms with E-state index in [4.69, 9.17) is 28.7 Å². The summed E-state index contributed by atoms with van der Waals surface area (Å²) in [5.41, 5.74) is 29.0. The van der Waals surface area contributed by atoms with Gasteiger partial charge in [-0.2, -0.15) is 11.8 Å². The van der Waals surface area contributed by atoms with Crippen LogP contribution in [-0.4, -0.2) is 254 Å². The molecule has 0 bridgehead atoms. The molecule has 13 amide bonds. The number of nitrogens with one attached hydrogen (secondary N) is 10. The SMILES string of the molecule is CSCC[C@H](NC(=O)[C@@H]1CCCN1C(=O)CNC(=O)[C@H](CCCCN)NC(=O)[C@H](Cc1cnc[nH]1)NC(=O)[C@H](CO)NC(=O)[C@H](CC(C)C)NC(=O)[C@H](C)NC(=O)[C@@H]1CCCN1C(=O)[C@H](CCCN=C(N)N)NC(=O)[C@@H](N)CCC(N)=O)C(=O)N1CCC[C@H]1C(=O)N[C@@H](Cc1ccccc1)C(=O)O. The van der Waals surface area contributed by atoms with Gasteiger partial charge in [-0.3, -0.25) is 67.3 Å². The number of guanidine groups is 1. The summed E-state index contributed by atoms with van der Waals surface area (Å²) in [6, 6.07) is -6.41. The molecule has 0 radical (unpaired) electrons. The third-order valence-corrected chi connectivity index (χ3v) is 18.4. The summed E-state index contributed by atoms with van der Waals surface area (Å²) in [7, 11) is 0. The third-order valence-electron chi connectivity index (χ3n) is 17.8. The number of hydrogen-bond acceptors (Lipinski definition) is 20. The van der Waals surface area contributed by atoms with Gasteiger partial charge in [0.1, 0.15) is 66.5 Å². The lowest BCUT2D eigenvalue weighted by atomic mass is 10.0. The van der Waals surface area contributed by atoms with Crippen molar-refractivity contribution in [1.82, 2.24) is 72.5 Å². The Balaban J connectivity index is 1.21. The van der Waals surface area contributed by atoms with E-state index < -0.39 is 168 Å². The van der Waals surface area contributed by atoms with Crippen LogP contribution < -0.4 is 76.5 Å². The molecule has 3 aliphatic rings. The quantitative estimate of drug-likeness (QED) is 0.0168. The van der Waals surface area contributed by atoms with E-state index in [1.54, 1.807) is 44.2 Å². The van der Waals surface area contributed by atoms with E-state index >= 15 is 0 Å². The van der Waals surface area contributed by atoms with E-state index in [-0.39, 0.29) is 122 Å². The molecule has 0 spiro atoms. The number of amides is 13. The fourth-order valence-electron chi connectivity index (χ4n) is 12.3. The molecule has 0 unspecified atom stereocenters. The predicted molar refractivity (Wildman–Crippen MR) is 377 cm³/mol. The van der Waals surface area contributed by atoms with Crippen molar-refractivity contribution in [1.29, 1.82) is 0 Å². The number of imidazole rings is 1. The molecule has 5 rings (SSSR count). The summed E-state index contributed by atoms with van der Waals surface area (Å²) < 4.78 is 0. The van der Waals surface area contributed by atoms with Crippen LogP contribution in [0.15, 0.2) is 47.8 Å². The van der Waals surface area contributed by atoms with Crippen LogP contribution in [0.5, 0.6) is 0 Å². The summed E-state index contributed by atoms with van der Waals surface area (Å²) in [4.78, 5) is 206. The highest BCUT2D eigenvalue weighted by Crippen LogP contribution is 2.24. The number of carboxylic acid groups (broad SMARTS) is 1. The van der Waals surface area contributed by atoms with Crippen LogP contribution in [0.4, 0.5) is 0 Å². The Morgan fingerprint density at radius 2 is 1.15 bits per heavy atom. The molecule has 1 aromatic heterocycles. The fourth-order valence-corrected chi connectivity index (χ4v) is 12.7. The number of carbonyl (C=O) groups excluding carboxylic acids is 13. The number of thioether (sulfide) groups is 1. The van der Waals surface area contributed by atoms with E-state index in [2.05, 4.69) is 62.8 Å². The van der Waals surface area contributed by atoms with Gasteiger partial charge in [0, 0.05) is 57.3 Å². The van der Waals surface area contributed by atoms with Crippen LogP contribution in [0.1, 0.15) is 128 Å². The lowest BCUT2D eigenvalue weighted by Gasteiger charge is -2.31. The zero-order chi connectivity index (χ0) is 75.9. The number of aliphatic carboxylic acids is 1. The zero-order valence-electron chi connectivity index (χ0n) is 58.9. The Hall–Kier alpha value is -9.49. The number of H-pyrrole nitrogens is 1. The molecule has 570 valence electrons. The van der Waals surface area contributed by atoms with Crippen molar-refractivity contribution in [2.45, 2.75) is 202 Å². The summed E-state index contributed by atoms with van der Waals surface area (Å²) in [5, 5.41) is 44.0. The average molecular weight is 1470 g/mol. The average Bonchev–Trinajstić information content (AvgIpc) is 1.73. The predicted octanol–water partition coefficient (Wildman–Crippen LogP) is -5.17. The number of aliphatic hydroxyl groups excluding tert-OH is 1. The molecule has 36 nitrogen and oxygen atoms in total. The van der Waals surface area contributed by atoms with Crippen molar-refractivity contribution in [2.75, 3.05) is 57.9 Å². The van der Waals surface area contributed by atoms with E-state index in [0.717, 1.165) is 0 Å². The summed E-state index contributed by atoms with van der Waals surface area (Å²) in [5.74, 6) is -11.1. The van der Waals surface area contributed by atoms with Gasteiger partial charge in [-0.15, -0.1) is 0 Å². The molecule has 3 fully saturated rings. The van der Waals surface area contributed by atoms with Gasteiger partial charge in [0.2, 0.25) is 76.8 Å². The van der Waals surface area contributed by atoms with Gasteiger partial charge < -0.3 is 106 Å². The maximum atomic E-state index is 14.4.